The van der Waals surface area contributed by atoms with Crippen molar-refractivity contribution < 1.29 is 18.3 Å². The molecule has 23 heavy (non-hydrogen) atoms. The summed E-state index contributed by atoms with van der Waals surface area (Å²) in [7, 11) is -3.68. The van der Waals surface area contributed by atoms with E-state index in [1.165, 1.54) is 6.07 Å². The van der Waals surface area contributed by atoms with Crippen molar-refractivity contribution in [2.24, 2.45) is 0 Å². The van der Waals surface area contributed by atoms with Gasteiger partial charge in [0, 0.05) is 13.0 Å². The topological polar surface area (TPSA) is 132 Å². The highest BCUT2D eigenvalue weighted by Gasteiger charge is 2.17. The third kappa shape index (κ3) is 4.42. The zero-order valence-corrected chi connectivity index (χ0v) is 13.5. The number of aliphatic carboxylic acids is 1. The molecule has 0 saturated heterocycles. The molecule has 0 spiro atoms. The van der Waals surface area contributed by atoms with E-state index in [9.17, 15) is 18.0 Å². The van der Waals surface area contributed by atoms with E-state index in [0.717, 1.165) is 0 Å². The van der Waals surface area contributed by atoms with Crippen molar-refractivity contribution in [3.8, 4) is 0 Å². The number of carboxylic acid groups (broad SMARTS) is 1. The van der Waals surface area contributed by atoms with Crippen LogP contribution < -0.4 is 10.4 Å². The molecule has 0 aliphatic rings. The fourth-order valence-electron chi connectivity index (χ4n) is 2.32. The Bertz CT molecular complexity index is 866. The number of aromatic nitrogens is 2. The van der Waals surface area contributed by atoms with Gasteiger partial charge in [0.15, 0.2) is 0 Å². The molecule has 1 aromatic carbocycles. The molecule has 0 saturated carbocycles. The Kier molecular flexibility index (Phi) is 5.22. The summed E-state index contributed by atoms with van der Waals surface area (Å²) in [4.78, 5) is 26.9. The summed E-state index contributed by atoms with van der Waals surface area (Å²) in [6, 6.07) is 3.03. The van der Waals surface area contributed by atoms with Crippen molar-refractivity contribution in [1.82, 2.24) is 14.7 Å². The van der Waals surface area contributed by atoms with Gasteiger partial charge < -0.3 is 15.1 Å². The quantitative estimate of drug-likeness (QED) is 0.534. The Morgan fingerprint density at radius 1 is 1.17 bits per heavy atom. The number of imidazole rings is 1. The molecule has 0 atom stereocenters. The SMILES string of the molecule is Cc1cc2[nH]c(=O)[nH]c2cc1S(=O)(=O)NCCCCCC(=O)O. The number of unbranched alkanes of at least 4 members (excludes halogenated alkanes) is 2. The second kappa shape index (κ2) is 6.97. The van der Waals surface area contributed by atoms with Crippen LogP contribution in [0, 0.1) is 6.92 Å². The number of carbonyl (C=O) groups is 1. The molecule has 2 aromatic rings. The first-order valence-electron chi connectivity index (χ1n) is 7.24. The lowest BCUT2D eigenvalue weighted by Crippen LogP contribution is -2.25. The fraction of sp³-hybridized carbons (Fsp3) is 0.429. The fourth-order valence-corrected chi connectivity index (χ4v) is 3.65. The highest BCUT2D eigenvalue weighted by molar-refractivity contribution is 7.89. The minimum absolute atomic E-state index is 0.0867. The summed E-state index contributed by atoms with van der Waals surface area (Å²) < 4.78 is 27.2. The van der Waals surface area contributed by atoms with Crippen LogP contribution in [0.15, 0.2) is 21.8 Å². The summed E-state index contributed by atoms with van der Waals surface area (Å²) in [5.74, 6) is -0.852. The highest BCUT2D eigenvalue weighted by Crippen LogP contribution is 2.20. The van der Waals surface area contributed by atoms with E-state index in [-0.39, 0.29) is 23.6 Å². The van der Waals surface area contributed by atoms with Crippen LogP contribution in [0.1, 0.15) is 31.2 Å². The molecule has 4 N–H and O–H groups in total. The minimum atomic E-state index is -3.68. The molecule has 0 aliphatic heterocycles. The number of hydrogen-bond donors (Lipinski definition) is 4. The smallest absolute Gasteiger partial charge is 0.323 e. The Balaban J connectivity index is 2.03. The average Bonchev–Trinajstić information content (AvgIpc) is 2.80. The summed E-state index contributed by atoms with van der Waals surface area (Å²) in [5.41, 5.74) is 1.13. The van der Waals surface area contributed by atoms with Crippen LogP contribution in [-0.4, -0.2) is 36.0 Å². The second-order valence-corrected chi connectivity index (χ2v) is 7.08. The van der Waals surface area contributed by atoms with Crippen molar-refractivity contribution in [1.29, 1.82) is 0 Å². The monoisotopic (exact) mass is 341 g/mol. The van der Waals surface area contributed by atoms with Gasteiger partial charge in [-0.2, -0.15) is 0 Å². The van der Waals surface area contributed by atoms with Gasteiger partial charge in [-0.3, -0.25) is 4.79 Å². The minimum Gasteiger partial charge on any atom is -0.481 e. The average molecular weight is 341 g/mol. The van der Waals surface area contributed by atoms with Crippen molar-refractivity contribution in [2.45, 2.75) is 37.5 Å². The number of rotatable bonds is 8. The van der Waals surface area contributed by atoms with Crippen LogP contribution in [0.5, 0.6) is 0 Å². The number of carboxylic acids is 1. The molecule has 9 heteroatoms. The van der Waals surface area contributed by atoms with Crippen LogP contribution in [0.2, 0.25) is 0 Å². The van der Waals surface area contributed by atoms with Gasteiger partial charge in [-0.15, -0.1) is 0 Å². The number of benzene rings is 1. The Labute approximate surface area is 133 Å². The van der Waals surface area contributed by atoms with Gasteiger partial charge in [0.05, 0.1) is 15.9 Å². The predicted octanol–water partition coefficient (Wildman–Crippen LogP) is 1.09. The lowest BCUT2D eigenvalue weighted by molar-refractivity contribution is -0.137. The first kappa shape index (κ1) is 17.2. The molecule has 0 bridgehead atoms. The molecule has 0 unspecified atom stereocenters. The van der Waals surface area contributed by atoms with E-state index in [0.29, 0.717) is 35.9 Å². The van der Waals surface area contributed by atoms with Gasteiger partial charge in [0.2, 0.25) is 10.0 Å². The van der Waals surface area contributed by atoms with Gasteiger partial charge in [0.1, 0.15) is 0 Å². The van der Waals surface area contributed by atoms with E-state index in [1.54, 1.807) is 13.0 Å². The summed E-state index contributed by atoms with van der Waals surface area (Å²) >= 11 is 0. The molecule has 1 aromatic heterocycles. The van der Waals surface area contributed by atoms with E-state index in [2.05, 4.69) is 14.7 Å². The number of fused-ring (bicyclic) bond motifs is 1. The van der Waals surface area contributed by atoms with Gasteiger partial charge in [-0.05, 0) is 37.5 Å². The van der Waals surface area contributed by atoms with Crippen molar-refractivity contribution in [3.05, 3.63) is 28.2 Å². The molecule has 126 valence electrons. The molecular weight excluding hydrogens is 322 g/mol. The molecule has 1 heterocycles. The zero-order valence-electron chi connectivity index (χ0n) is 12.7. The Morgan fingerprint density at radius 2 is 1.83 bits per heavy atom. The van der Waals surface area contributed by atoms with Gasteiger partial charge in [0.25, 0.3) is 0 Å². The molecule has 0 radical (unpaired) electrons. The van der Waals surface area contributed by atoms with Crippen LogP contribution in [-0.2, 0) is 14.8 Å². The van der Waals surface area contributed by atoms with Crippen LogP contribution >= 0.6 is 0 Å². The maximum Gasteiger partial charge on any atom is 0.323 e. The van der Waals surface area contributed by atoms with Crippen LogP contribution in [0.4, 0.5) is 0 Å². The maximum absolute atomic E-state index is 12.3. The number of sulfonamides is 1. The van der Waals surface area contributed by atoms with E-state index < -0.39 is 16.0 Å². The first-order chi connectivity index (χ1) is 10.8. The van der Waals surface area contributed by atoms with Crippen molar-refractivity contribution >= 4 is 27.0 Å². The largest absolute Gasteiger partial charge is 0.481 e. The molecule has 8 nitrogen and oxygen atoms in total. The molecule has 2 rings (SSSR count). The first-order valence-corrected chi connectivity index (χ1v) is 8.72. The third-order valence-corrected chi connectivity index (χ3v) is 5.06. The third-order valence-electron chi connectivity index (χ3n) is 3.46. The number of aromatic amines is 2. The normalized spacial score (nSPS) is 11.9. The molecule has 0 aliphatic carbocycles. The summed E-state index contributed by atoms with van der Waals surface area (Å²) in [6.07, 6.45) is 1.81. The van der Waals surface area contributed by atoms with Crippen molar-refractivity contribution in [3.63, 3.8) is 0 Å². The number of hydrogen-bond acceptors (Lipinski definition) is 4. The van der Waals surface area contributed by atoms with Crippen LogP contribution in [0.3, 0.4) is 0 Å². The summed E-state index contributed by atoms with van der Waals surface area (Å²) in [5, 5.41) is 8.53. The Morgan fingerprint density at radius 3 is 2.48 bits per heavy atom. The van der Waals surface area contributed by atoms with E-state index >= 15 is 0 Å². The number of aryl methyl sites for hydroxylation is 1. The van der Waals surface area contributed by atoms with Gasteiger partial charge in [-0.1, -0.05) is 6.42 Å². The number of nitrogens with one attached hydrogen (secondary N) is 3. The highest BCUT2D eigenvalue weighted by atomic mass is 32.2. The Hall–Kier alpha value is -2.13. The van der Waals surface area contributed by atoms with Crippen LogP contribution in [0.25, 0.3) is 11.0 Å². The molecular formula is C14H19N3O5S. The van der Waals surface area contributed by atoms with E-state index in [4.69, 9.17) is 5.11 Å². The number of H-pyrrole nitrogens is 2. The van der Waals surface area contributed by atoms with Crippen molar-refractivity contribution in [2.75, 3.05) is 6.54 Å². The predicted molar refractivity (Wildman–Crippen MR) is 84.9 cm³/mol. The zero-order chi connectivity index (χ0) is 17.0. The summed E-state index contributed by atoms with van der Waals surface area (Å²) in [6.45, 7) is 1.90. The standard InChI is InChI=1S/C14H19N3O5S/c1-9-7-10-11(17-14(20)16-10)8-12(9)23(21,22)15-6-4-2-3-5-13(18)19/h7-8,15H,2-6H2,1H3,(H,18,19)(H2,16,17,20). The molecule has 0 amide bonds. The van der Waals surface area contributed by atoms with E-state index in [1.807, 2.05) is 0 Å². The molecule has 0 fully saturated rings. The van der Waals surface area contributed by atoms with Gasteiger partial charge in [-0.25, -0.2) is 17.9 Å². The van der Waals surface area contributed by atoms with Gasteiger partial charge >= 0.3 is 11.7 Å². The lowest BCUT2D eigenvalue weighted by atomic mass is 10.2. The lowest BCUT2D eigenvalue weighted by Gasteiger charge is -2.09. The second-order valence-electron chi connectivity index (χ2n) is 5.34. The maximum atomic E-state index is 12.3.